The molecule has 0 saturated carbocycles. The number of aryl methyl sites for hydroxylation is 1. The van der Waals surface area contributed by atoms with Crippen molar-refractivity contribution in [2.45, 2.75) is 46.1 Å². The fourth-order valence-electron chi connectivity index (χ4n) is 2.82. The largest absolute Gasteiger partial charge is 0.444 e. The summed E-state index contributed by atoms with van der Waals surface area (Å²) in [5.41, 5.74) is 1.06. The lowest BCUT2D eigenvalue weighted by Gasteiger charge is -2.33. The third-order valence-corrected chi connectivity index (χ3v) is 4.27. The highest BCUT2D eigenvalue weighted by atomic mass is 16.6. The molecule has 0 unspecified atom stereocenters. The van der Waals surface area contributed by atoms with Crippen LogP contribution in [0.25, 0.3) is 0 Å². The second kappa shape index (κ2) is 7.72. The molecule has 1 heterocycles. The highest BCUT2D eigenvalue weighted by Crippen LogP contribution is 2.24. The Morgan fingerprint density at radius 1 is 1.36 bits per heavy atom. The molecule has 1 fully saturated rings. The van der Waals surface area contributed by atoms with E-state index in [-0.39, 0.29) is 16.7 Å². The summed E-state index contributed by atoms with van der Waals surface area (Å²) >= 11 is 0. The number of carbonyl (C=O) groups is 1. The molecule has 0 aliphatic carbocycles. The first-order valence-electron chi connectivity index (χ1n) is 8.62. The zero-order valence-electron chi connectivity index (χ0n) is 15.4. The number of likely N-dealkylation sites (tertiary alicyclic amines) is 1. The minimum absolute atomic E-state index is 0.129. The Morgan fingerprint density at radius 3 is 2.56 bits per heavy atom. The van der Waals surface area contributed by atoms with E-state index in [0.717, 1.165) is 25.1 Å². The van der Waals surface area contributed by atoms with Gasteiger partial charge in [0.25, 0.3) is 5.69 Å². The van der Waals surface area contributed by atoms with Crippen LogP contribution in [0.4, 0.5) is 16.2 Å². The van der Waals surface area contributed by atoms with E-state index in [9.17, 15) is 14.9 Å². The topological polar surface area (TPSA) is 84.7 Å². The van der Waals surface area contributed by atoms with Gasteiger partial charge in [0.2, 0.25) is 0 Å². The number of nitro benzene ring substituents is 1. The lowest BCUT2D eigenvalue weighted by molar-refractivity contribution is -0.385. The number of nitrogens with zero attached hydrogens (tertiary/aromatic N) is 2. The van der Waals surface area contributed by atoms with Crippen molar-refractivity contribution < 1.29 is 14.5 Å². The van der Waals surface area contributed by atoms with Crippen molar-refractivity contribution >= 4 is 17.5 Å². The molecule has 25 heavy (non-hydrogen) atoms. The summed E-state index contributed by atoms with van der Waals surface area (Å²) in [6.07, 6.45) is 1.52. The van der Waals surface area contributed by atoms with Crippen LogP contribution in [0.1, 0.15) is 39.2 Å². The van der Waals surface area contributed by atoms with Gasteiger partial charge in [0.1, 0.15) is 5.60 Å². The molecule has 0 radical (unpaired) electrons. The molecule has 7 nitrogen and oxygen atoms in total. The third kappa shape index (κ3) is 5.62. The van der Waals surface area contributed by atoms with Crippen LogP contribution >= 0.6 is 0 Å². The predicted molar refractivity (Wildman–Crippen MR) is 96.9 cm³/mol. The van der Waals surface area contributed by atoms with Crippen molar-refractivity contribution in [3.63, 3.8) is 0 Å². The van der Waals surface area contributed by atoms with Crippen LogP contribution in [0, 0.1) is 23.0 Å². The van der Waals surface area contributed by atoms with Gasteiger partial charge in [0, 0.05) is 37.0 Å². The second-order valence-corrected chi connectivity index (χ2v) is 7.55. The minimum Gasteiger partial charge on any atom is -0.444 e. The summed E-state index contributed by atoms with van der Waals surface area (Å²) in [7, 11) is 0. The molecule has 1 aliphatic heterocycles. The van der Waals surface area contributed by atoms with Gasteiger partial charge >= 0.3 is 6.09 Å². The Balaban J connectivity index is 1.82. The average Bonchev–Trinajstić information content (AvgIpc) is 2.52. The molecule has 1 saturated heterocycles. The number of piperidine rings is 1. The van der Waals surface area contributed by atoms with Gasteiger partial charge in [-0.1, -0.05) is 6.07 Å². The van der Waals surface area contributed by atoms with Crippen LogP contribution in [0.5, 0.6) is 0 Å². The van der Waals surface area contributed by atoms with Crippen LogP contribution in [-0.2, 0) is 4.74 Å². The van der Waals surface area contributed by atoms with E-state index in [1.807, 2.05) is 26.8 Å². The number of rotatable bonds is 4. The van der Waals surface area contributed by atoms with Crippen LogP contribution in [0.3, 0.4) is 0 Å². The van der Waals surface area contributed by atoms with Gasteiger partial charge in [-0.15, -0.1) is 0 Å². The molecule has 7 heteroatoms. The number of benzene rings is 1. The van der Waals surface area contributed by atoms with E-state index in [1.165, 1.54) is 0 Å². The first-order valence-corrected chi connectivity index (χ1v) is 8.62. The molecule has 1 aliphatic rings. The number of nitrogens with one attached hydrogen (secondary N) is 1. The first kappa shape index (κ1) is 19.0. The highest BCUT2D eigenvalue weighted by molar-refractivity contribution is 5.68. The van der Waals surface area contributed by atoms with Crippen LogP contribution in [-0.4, -0.2) is 41.2 Å². The van der Waals surface area contributed by atoms with E-state index >= 15 is 0 Å². The fraction of sp³-hybridized carbons (Fsp3) is 0.611. The number of nitro groups is 1. The Labute approximate surface area is 148 Å². The summed E-state index contributed by atoms with van der Waals surface area (Å²) in [6.45, 7) is 9.41. The number of carbonyl (C=O) groups excluding carboxylic acids is 1. The van der Waals surface area contributed by atoms with Crippen LogP contribution < -0.4 is 5.32 Å². The molecular formula is C18H27N3O4. The minimum atomic E-state index is -0.477. The lowest BCUT2D eigenvalue weighted by Crippen LogP contribution is -2.42. The Morgan fingerprint density at radius 2 is 2.00 bits per heavy atom. The molecule has 138 valence electrons. The zero-order valence-corrected chi connectivity index (χ0v) is 15.4. The van der Waals surface area contributed by atoms with Gasteiger partial charge in [0.05, 0.1) is 4.92 Å². The maximum Gasteiger partial charge on any atom is 0.410 e. The van der Waals surface area contributed by atoms with E-state index in [0.29, 0.717) is 24.6 Å². The Kier molecular flexibility index (Phi) is 5.87. The molecule has 1 amide bonds. The van der Waals surface area contributed by atoms with Gasteiger partial charge in [-0.05, 0) is 52.5 Å². The zero-order chi connectivity index (χ0) is 18.6. The summed E-state index contributed by atoms with van der Waals surface area (Å²) < 4.78 is 5.40. The van der Waals surface area contributed by atoms with Crippen molar-refractivity contribution in [2.24, 2.45) is 5.92 Å². The molecular weight excluding hydrogens is 322 g/mol. The smallest absolute Gasteiger partial charge is 0.410 e. The highest BCUT2D eigenvalue weighted by Gasteiger charge is 2.26. The van der Waals surface area contributed by atoms with Crippen molar-refractivity contribution in [3.05, 3.63) is 33.9 Å². The van der Waals surface area contributed by atoms with Crippen molar-refractivity contribution in [3.8, 4) is 0 Å². The monoisotopic (exact) mass is 349 g/mol. The maximum atomic E-state index is 12.1. The predicted octanol–water partition coefficient (Wildman–Crippen LogP) is 3.96. The molecule has 1 aromatic carbocycles. The number of anilines is 1. The number of hydrogen-bond donors (Lipinski definition) is 1. The van der Waals surface area contributed by atoms with Gasteiger partial charge < -0.3 is 15.0 Å². The van der Waals surface area contributed by atoms with Crippen molar-refractivity contribution in [2.75, 3.05) is 25.0 Å². The van der Waals surface area contributed by atoms with Crippen LogP contribution in [0.2, 0.25) is 0 Å². The van der Waals surface area contributed by atoms with Crippen molar-refractivity contribution in [1.82, 2.24) is 4.90 Å². The molecule has 0 bridgehead atoms. The number of amides is 1. The third-order valence-electron chi connectivity index (χ3n) is 4.27. The average molecular weight is 349 g/mol. The molecule has 0 aromatic heterocycles. The SMILES string of the molecule is Cc1ccc(NCC2CCN(C(=O)OC(C)(C)C)CC2)cc1[N+](=O)[O-]. The van der Waals surface area contributed by atoms with Gasteiger partial charge in [-0.2, -0.15) is 0 Å². The standard InChI is InChI=1S/C18H27N3O4/c1-13-5-6-15(11-16(13)21(23)24)19-12-14-7-9-20(10-8-14)17(22)25-18(2,3)4/h5-6,11,14,19H,7-10,12H2,1-4H3. The lowest BCUT2D eigenvalue weighted by atomic mass is 9.97. The second-order valence-electron chi connectivity index (χ2n) is 7.55. The normalized spacial score (nSPS) is 15.8. The molecule has 0 spiro atoms. The van der Waals surface area contributed by atoms with Gasteiger partial charge in [-0.25, -0.2) is 4.79 Å². The van der Waals surface area contributed by atoms with Gasteiger partial charge in [0.15, 0.2) is 0 Å². The fourth-order valence-corrected chi connectivity index (χ4v) is 2.82. The van der Waals surface area contributed by atoms with E-state index in [2.05, 4.69) is 5.32 Å². The van der Waals surface area contributed by atoms with Gasteiger partial charge in [-0.3, -0.25) is 10.1 Å². The summed E-state index contributed by atoms with van der Waals surface area (Å²) in [4.78, 5) is 24.5. The summed E-state index contributed by atoms with van der Waals surface area (Å²) in [6, 6.07) is 5.19. The maximum absolute atomic E-state index is 12.1. The first-order chi connectivity index (χ1) is 11.7. The van der Waals surface area contributed by atoms with Crippen molar-refractivity contribution in [1.29, 1.82) is 0 Å². The summed E-state index contributed by atoms with van der Waals surface area (Å²) in [5, 5.41) is 14.3. The summed E-state index contributed by atoms with van der Waals surface area (Å²) in [5.74, 6) is 0.430. The van der Waals surface area contributed by atoms with E-state index in [4.69, 9.17) is 4.74 Å². The molecule has 1 N–H and O–H groups in total. The van der Waals surface area contributed by atoms with Crippen LogP contribution in [0.15, 0.2) is 18.2 Å². The number of ether oxygens (including phenoxy) is 1. The molecule has 1 aromatic rings. The Hall–Kier alpha value is -2.31. The van der Waals surface area contributed by atoms with E-state index in [1.54, 1.807) is 24.0 Å². The molecule has 0 atom stereocenters. The quantitative estimate of drug-likeness (QED) is 0.657. The number of hydrogen-bond acceptors (Lipinski definition) is 5. The Bertz CT molecular complexity index is 632. The molecule has 2 rings (SSSR count). The van der Waals surface area contributed by atoms with E-state index < -0.39 is 5.60 Å².